The van der Waals surface area contributed by atoms with E-state index >= 15 is 0 Å². The number of rotatable bonds is 5. The molecular weight excluding hydrogens is 324 g/mol. The van der Waals surface area contributed by atoms with Crippen molar-refractivity contribution in [1.29, 1.82) is 0 Å². The number of ketones is 1. The normalized spacial score (nSPS) is 12.8. The summed E-state index contributed by atoms with van der Waals surface area (Å²) in [5.41, 5.74) is 0.132. The molecule has 0 aliphatic heterocycles. The van der Waals surface area contributed by atoms with Crippen molar-refractivity contribution in [3.05, 3.63) is 28.5 Å². The molecule has 0 aliphatic rings. The van der Waals surface area contributed by atoms with Crippen LogP contribution < -0.4 is 5.32 Å². The lowest BCUT2D eigenvalue weighted by molar-refractivity contribution is -0.153. The minimum atomic E-state index is -1.10. The second-order valence-electron chi connectivity index (χ2n) is 5.39. The second kappa shape index (κ2) is 6.95. The van der Waals surface area contributed by atoms with E-state index in [1.807, 2.05) is 6.07 Å². The first-order valence-corrected chi connectivity index (χ1v) is 7.06. The van der Waals surface area contributed by atoms with Crippen molar-refractivity contribution in [2.75, 3.05) is 0 Å². The van der Waals surface area contributed by atoms with Crippen molar-refractivity contribution in [3.8, 4) is 0 Å². The quantitative estimate of drug-likeness (QED) is 0.658. The van der Waals surface area contributed by atoms with Crippen LogP contribution in [0.3, 0.4) is 0 Å². The maximum atomic E-state index is 12.0. The average molecular weight is 343 g/mol. The zero-order chi connectivity index (χ0) is 15.3. The molecule has 1 atom stereocenters. The van der Waals surface area contributed by atoms with Gasteiger partial charge in [-0.1, -0.05) is 6.07 Å². The third kappa shape index (κ3) is 5.79. The number of carbonyl (C=O) groups excluding carboxylic acids is 2. The monoisotopic (exact) mass is 342 g/mol. The molecule has 6 heteroatoms. The largest absolute Gasteiger partial charge is 0.355 e. The third-order valence-corrected chi connectivity index (χ3v) is 2.74. The van der Waals surface area contributed by atoms with Gasteiger partial charge in [0.15, 0.2) is 11.9 Å². The summed E-state index contributed by atoms with van der Waals surface area (Å²) < 4.78 is 6.17. The van der Waals surface area contributed by atoms with E-state index in [1.54, 1.807) is 32.9 Å². The van der Waals surface area contributed by atoms with Gasteiger partial charge in [0.1, 0.15) is 4.60 Å². The predicted octanol–water partition coefficient (Wildman–Crippen LogP) is 2.23. The molecule has 1 aromatic heterocycles. The molecule has 1 unspecified atom stereocenters. The van der Waals surface area contributed by atoms with Crippen LogP contribution in [0.25, 0.3) is 0 Å². The average Bonchev–Trinajstić information content (AvgIpc) is 2.32. The van der Waals surface area contributed by atoms with Gasteiger partial charge in [-0.15, -0.1) is 0 Å². The Morgan fingerprint density at radius 1 is 1.40 bits per heavy atom. The molecule has 1 rings (SSSR count). The van der Waals surface area contributed by atoms with Gasteiger partial charge in [-0.25, -0.2) is 4.98 Å². The highest BCUT2D eigenvalue weighted by Crippen LogP contribution is 2.12. The number of ether oxygens (including phenoxy) is 1. The highest BCUT2D eigenvalue weighted by atomic mass is 79.9. The molecule has 0 bridgehead atoms. The number of aromatic nitrogens is 1. The smallest absolute Gasteiger partial charge is 0.257 e. The Balaban J connectivity index is 2.65. The van der Waals surface area contributed by atoms with Crippen LogP contribution in [0, 0.1) is 0 Å². The van der Waals surface area contributed by atoms with Crippen LogP contribution in [0.5, 0.6) is 0 Å². The standard InChI is InChI=1S/C14H19BrN2O3/c1-9(18)12(20-14(2,3)4)13(19)16-8-10-6-5-7-11(15)17-10/h5-7,12H,8H2,1-4H3,(H,16,19). The van der Waals surface area contributed by atoms with E-state index in [0.29, 0.717) is 10.3 Å². The summed E-state index contributed by atoms with van der Waals surface area (Å²) in [4.78, 5) is 27.7. The molecule has 5 nitrogen and oxygen atoms in total. The molecule has 0 saturated carbocycles. The molecule has 1 aromatic rings. The van der Waals surface area contributed by atoms with E-state index in [1.165, 1.54) is 6.92 Å². The van der Waals surface area contributed by atoms with E-state index in [4.69, 9.17) is 4.74 Å². The van der Waals surface area contributed by atoms with Crippen molar-refractivity contribution in [3.63, 3.8) is 0 Å². The number of amides is 1. The van der Waals surface area contributed by atoms with Gasteiger partial charge in [0, 0.05) is 0 Å². The Labute approximate surface area is 127 Å². The number of halogens is 1. The molecule has 0 aliphatic carbocycles. The lowest BCUT2D eigenvalue weighted by Crippen LogP contribution is -2.44. The minimum Gasteiger partial charge on any atom is -0.355 e. The summed E-state index contributed by atoms with van der Waals surface area (Å²) in [6.07, 6.45) is -1.10. The number of hydrogen-bond acceptors (Lipinski definition) is 4. The zero-order valence-electron chi connectivity index (χ0n) is 12.1. The predicted molar refractivity (Wildman–Crippen MR) is 79.1 cm³/mol. The fourth-order valence-corrected chi connectivity index (χ4v) is 1.87. The number of Topliss-reactive ketones (excluding diaryl/α,β-unsaturated/α-hetero) is 1. The van der Waals surface area contributed by atoms with Gasteiger partial charge in [0.05, 0.1) is 17.8 Å². The molecule has 1 heterocycles. The summed E-state index contributed by atoms with van der Waals surface area (Å²) >= 11 is 3.26. The van der Waals surface area contributed by atoms with E-state index in [0.717, 1.165) is 0 Å². The van der Waals surface area contributed by atoms with Gasteiger partial charge in [0.25, 0.3) is 5.91 Å². The molecule has 110 valence electrons. The van der Waals surface area contributed by atoms with Gasteiger partial charge in [-0.05, 0) is 55.8 Å². The van der Waals surface area contributed by atoms with Crippen LogP contribution in [0.15, 0.2) is 22.8 Å². The summed E-state index contributed by atoms with van der Waals surface area (Å²) in [6.45, 7) is 6.98. The molecule has 0 fully saturated rings. The number of hydrogen-bond donors (Lipinski definition) is 1. The fourth-order valence-electron chi connectivity index (χ4n) is 1.49. The second-order valence-corrected chi connectivity index (χ2v) is 6.20. The van der Waals surface area contributed by atoms with Gasteiger partial charge in [0.2, 0.25) is 0 Å². The van der Waals surface area contributed by atoms with Crippen molar-refractivity contribution in [2.24, 2.45) is 0 Å². The van der Waals surface area contributed by atoms with Crippen molar-refractivity contribution in [1.82, 2.24) is 10.3 Å². The van der Waals surface area contributed by atoms with Crippen molar-refractivity contribution >= 4 is 27.6 Å². The highest BCUT2D eigenvalue weighted by Gasteiger charge is 2.29. The first kappa shape index (κ1) is 16.8. The van der Waals surface area contributed by atoms with Crippen molar-refractivity contribution in [2.45, 2.75) is 45.9 Å². The third-order valence-electron chi connectivity index (χ3n) is 2.30. The minimum absolute atomic E-state index is 0.246. The Kier molecular flexibility index (Phi) is 5.83. The molecule has 1 amide bonds. The van der Waals surface area contributed by atoms with Crippen LogP contribution in [0.2, 0.25) is 0 Å². The lowest BCUT2D eigenvalue weighted by atomic mass is 10.1. The summed E-state index contributed by atoms with van der Waals surface area (Å²) in [5, 5.41) is 2.66. The molecule has 0 spiro atoms. The van der Waals surface area contributed by atoms with Gasteiger partial charge < -0.3 is 10.1 Å². The molecule has 0 radical (unpaired) electrons. The number of nitrogens with one attached hydrogen (secondary N) is 1. The molecule has 0 saturated heterocycles. The molecule has 20 heavy (non-hydrogen) atoms. The van der Waals surface area contributed by atoms with E-state index in [2.05, 4.69) is 26.2 Å². The first-order valence-electron chi connectivity index (χ1n) is 6.26. The van der Waals surface area contributed by atoms with Crippen LogP contribution in [0.1, 0.15) is 33.4 Å². The fraction of sp³-hybridized carbons (Fsp3) is 0.500. The topological polar surface area (TPSA) is 68.3 Å². The Morgan fingerprint density at radius 2 is 2.05 bits per heavy atom. The lowest BCUT2D eigenvalue weighted by Gasteiger charge is -2.25. The summed E-state index contributed by atoms with van der Waals surface area (Å²) in [7, 11) is 0. The summed E-state index contributed by atoms with van der Waals surface area (Å²) in [6, 6.07) is 5.41. The van der Waals surface area contributed by atoms with Crippen molar-refractivity contribution < 1.29 is 14.3 Å². The number of carbonyl (C=O) groups is 2. The first-order chi connectivity index (χ1) is 9.19. The van der Waals surface area contributed by atoms with Gasteiger partial charge in [-0.3, -0.25) is 9.59 Å². The Bertz CT molecular complexity index is 497. The van der Waals surface area contributed by atoms with E-state index in [-0.39, 0.29) is 12.3 Å². The van der Waals surface area contributed by atoms with Crippen LogP contribution >= 0.6 is 15.9 Å². The molecule has 1 N–H and O–H groups in total. The molecular formula is C14H19BrN2O3. The van der Waals surface area contributed by atoms with Crippen LogP contribution in [0.4, 0.5) is 0 Å². The van der Waals surface area contributed by atoms with Gasteiger partial charge in [-0.2, -0.15) is 0 Å². The van der Waals surface area contributed by atoms with Crippen LogP contribution in [-0.4, -0.2) is 28.4 Å². The number of pyridine rings is 1. The number of nitrogens with zero attached hydrogens (tertiary/aromatic N) is 1. The van der Waals surface area contributed by atoms with E-state index in [9.17, 15) is 9.59 Å². The van der Waals surface area contributed by atoms with E-state index < -0.39 is 17.6 Å². The zero-order valence-corrected chi connectivity index (χ0v) is 13.7. The Morgan fingerprint density at radius 3 is 2.55 bits per heavy atom. The Hall–Kier alpha value is -1.27. The maximum absolute atomic E-state index is 12.0. The SMILES string of the molecule is CC(=O)C(OC(C)(C)C)C(=O)NCc1cccc(Br)n1. The van der Waals surface area contributed by atoms with Crippen LogP contribution in [-0.2, 0) is 20.9 Å². The maximum Gasteiger partial charge on any atom is 0.257 e. The molecule has 0 aromatic carbocycles. The van der Waals surface area contributed by atoms with Gasteiger partial charge >= 0.3 is 0 Å². The summed E-state index contributed by atoms with van der Waals surface area (Å²) in [5.74, 6) is -0.770. The highest BCUT2D eigenvalue weighted by molar-refractivity contribution is 9.10.